The molecule has 2 aromatic rings. The summed E-state index contributed by atoms with van der Waals surface area (Å²) < 4.78 is 16.5. The van der Waals surface area contributed by atoms with Gasteiger partial charge in [0.2, 0.25) is 11.7 Å². The van der Waals surface area contributed by atoms with Gasteiger partial charge in [-0.15, -0.1) is 0 Å². The first-order chi connectivity index (χ1) is 13.1. The van der Waals surface area contributed by atoms with Crippen LogP contribution in [0.3, 0.4) is 0 Å². The third-order valence-corrected chi connectivity index (χ3v) is 4.09. The monoisotopic (exact) mass is 378 g/mol. The summed E-state index contributed by atoms with van der Waals surface area (Å²) in [5, 5.41) is 11.5. The summed E-state index contributed by atoms with van der Waals surface area (Å²) >= 11 is 0. The van der Waals surface area contributed by atoms with Crippen molar-refractivity contribution < 1.29 is 24.6 Å². The number of hydrogen-bond donors (Lipinski definition) is 3. The minimum atomic E-state index is -0.0221. The van der Waals surface area contributed by atoms with E-state index in [9.17, 15) is 5.11 Å². The summed E-state index contributed by atoms with van der Waals surface area (Å²) in [7, 11) is 3.11. The highest BCUT2D eigenvalue weighted by Gasteiger charge is 2.19. The van der Waals surface area contributed by atoms with Crippen LogP contribution in [-0.2, 0) is 6.61 Å². The number of rotatable bonds is 11. The highest BCUT2D eigenvalue weighted by Crippen LogP contribution is 2.30. The van der Waals surface area contributed by atoms with Gasteiger partial charge in [-0.1, -0.05) is 13.3 Å². The van der Waals surface area contributed by atoms with Gasteiger partial charge >= 0.3 is 0 Å². The number of nitrogens with zero attached hydrogens (tertiary/aromatic N) is 3. The van der Waals surface area contributed by atoms with Gasteiger partial charge in [-0.05, 0) is 6.42 Å². The smallest absolute Gasteiger partial charge is 0.272 e. The van der Waals surface area contributed by atoms with Gasteiger partial charge in [0.25, 0.3) is 5.82 Å². The van der Waals surface area contributed by atoms with Crippen molar-refractivity contribution in [2.24, 2.45) is 0 Å². The number of hydrogen-bond acceptors (Lipinski definition) is 8. The SMILES string of the molecule is CCCCC(CO)[NH2+]c1nc(N)ncc1OCc1nccc(OC)c1OC. The molecule has 1 unspecified atom stereocenters. The highest BCUT2D eigenvalue weighted by molar-refractivity contribution is 5.43. The van der Waals surface area contributed by atoms with Crippen LogP contribution in [0.25, 0.3) is 0 Å². The molecule has 2 aromatic heterocycles. The van der Waals surface area contributed by atoms with E-state index in [0.29, 0.717) is 28.8 Å². The predicted molar refractivity (Wildman–Crippen MR) is 100 cm³/mol. The summed E-state index contributed by atoms with van der Waals surface area (Å²) in [6, 6.07) is 1.69. The fourth-order valence-corrected chi connectivity index (χ4v) is 2.65. The van der Waals surface area contributed by atoms with Crippen molar-refractivity contribution in [2.45, 2.75) is 38.8 Å². The zero-order chi connectivity index (χ0) is 19.6. The first-order valence-corrected chi connectivity index (χ1v) is 8.89. The molecule has 0 saturated carbocycles. The Labute approximate surface area is 158 Å². The van der Waals surface area contributed by atoms with Gasteiger partial charge < -0.3 is 25.1 Å². The normalized spacial score (nSPS) is 11.9. The molecule has 2 rings (SSSR count). The van der Waals surface area contributed by atoms with Crippen LogP contribution in [0, 0.1) is 0 Å². The molecule has 0 fully saturated rings. The summed E-state index contributed by atoms with van der Waals surface area (Å²) in [4.78, 5) is 12.6. The van der Waals surface area contributed by atoms with Crippen LogP contribution in [0.1, 0.15) is 31.9 Å². The number of pyridine rings is 1. The van der Waals surface area contributed by atoms with Crippen LogP contribution in [0.2, 0.25) is 0 Å². The van der Waals surface area contributed by atoms with Gasteiger partial charge in [0.05, 0.1) is 27.0 Å². The molecule has 0 saturated heterocycles. The lowest BCUT2D eigenvalue weighted by molar-refractivity contribution is -0.618. The Morgan fingerprint density at radius 3 is 2.70 bits per heavy atom. The molecule has 2 heterocycles. The van der Waals surface area contributed by atoms with Gasteiger partial charge in [0.1, 0.15) is 18.3 Å². The van der Waals surface area contributed by atoms with Crippen LogP contribution in [0.15, 0.2) is 18.5 Å². The van der Waals surface area contributed by atoms with E-state index in [-0.39, 0.29) is 25.2 Å². The highest BCUT2D eigenvalue weighted by atomic mass is 16.5. The molecule has 5 N–H and O–H groups in total. The number of quaternary nitrogens is 1. The topological polar surface area (TPSA) is 129 Å². The maximum absolute atomic E-state index is 9.62. The number of unbranched alkanes of at least 4 members (excludes halogenated alkanes) is 1. The third-order valence-electron chi connectivity index (χ3n) is 4.09. The number of ether oxygens (including phenoxy) is 3. The lowest BCUT2D eigenvalue weighted by Crippen LogP contribution is -2.86. The molecule has 1 atom stereocenters. The lowest BCUT2D eigenvalue weighted by Gasteiger charge is -2.15. The number of aliphatic hydroxyl groups is 1. The number of aromatic nitrogens is 3. The quantitative estimate of drug-likeness (QED) is 0.523. The van der Waals surface area contributed by atoms with Crippen molar-refractivity contribution in [3.8, 4) is 17.2 Å². The molecule has 0 spiro atoms. The van der Waals surface area contributed by atoms with E-state index in [4.69, 9.17) is 19.9 Å². The maximum Gasteiger partial charge on any atom is 0.272 e. The summed E-state index contributed by atoms with van der Waals surface area (Å²) in [6.45, 7) is 2.29. The van der Waals surface area contributed by atoms with Crippen LogP contribution in [-0.4, -0.2) is 46.9 Å². The Hall–Kier alpha value is -2.65. The van der Waals surface area contributed by atoms with Gasteiger partial charge in [-0.2, -0.15) is 4.98 Å². The van der Waals surface area contributed by atoms with Gasteiger partial charge in [0, 0.05) is 18.7 Å². The number of nitrogens with two attached hydrogens (primary N) is 2. The van der Waals surface area contributed by atoms with Crippen molar-refractivity contribution in [3.63, 3.8) is 0 Å². The number of aliphatic hydroxyl groups excluding tert-OH is 1. The molecule has 0 amide bonds. The predicted octanol–water partition coefficient (Wildman–Crippen LogP) is 0.796. The third kappa shape index (κ3) is 5.66. The number of nitrogen functional groups attached to an aromatic ring is 1. The zero-order valence-corrected chi connectivity index (χ0v) is 16.0. The van der Waals surface area contributed by atoms with E-state index >= 15 is 0 Å². The minimum Gasteiger partial charge on any atom is -0.493 e. The second-order valence-electron chi connectivity index (χ2n) is 6.01. The summed E-state index contributed by atoms with van der Waals surface area (Å²) in [5.41, 5.74) is 6.31. The average Bonchev–Trinajstić information content (AvgIpc) is 2.69. The van der Waals surface area contributed by atoms with Crippen molar-refractivity contribution in [2.75, 3.05) is 26.6 Å². The lowest BCUT2D eigenvalue weighted by atomic mass is 10.1. The molecule has 0 aliphatic heterocycles. The molecule has 9 nitrogen and oxygen atoms in total. The van der Waals surface area contributed by atoms with Crippen molar-refractivity contribution >= 4 is 11.8 Å². The summed E-state index contributed by atoms with van der Waals surface area (Å²) in [6.07, 6.45) is 6.08. The first-order valence-electron chi connectivity index (χ1n) is 8.89. The van der Waals surface area contributed by atoms with Crippen LogP contribution >= 0.6 is 0 Å². The largest absolute Gasteiger partial charge is 0.493 e. The number of anilines is 1. The van der Waals surface area contributed by atoms with Gasteiger partial charge in [-0.25, -0.2) is 4.98 Å². The molecule has 0 aliphatic rings. The van der Waals surface area contributed by atoms with E-state index in [2.05, 4.69) is 21.9 Å². The Morgan fingerprint density at radius 2 is 2.04 bits per heavy atom. The van der Waals surface area contributed by atoms with Crippen LogP contribution in [0.4, 0.5) is 11.8 Å². The Bertz CT molecular complexity index is 729. The Balaban J connectivity index is 2.17. The molecule has 0 radical (unpaired) electrons. The second kappa shape index (κ2) is 10.5. The molecule has 0 bridgehead atoms. The molecule has 27 heavy (non-hydrogen) atoms. The van der Waals surface area contributed by atoms with Crippen molar-refractivity contribution in [1.82, 2.24) is 15.0 Å². The fraction of sp³-hybridized carbons (Fsp3) is 0.500. The van der Waals surface area contributed by atoms with E-state index in [1.807, 2.05) is 5.32 Å². The molecule has 0 aliphatic carbocycles. The summed E-state index contributed by atoms with van der Waals surface area (Å²) in [5.74, 6) is 2.26. The molecular weight excluding hydrogens is 350 g/mol. The second-order valence-corrected chi connectivity index (χ2v) is 6.01. The average molecular weight is 378 g/mol. The standard InChI is InChI=1S/C18H27N5O4/c1-4-5-6-12(10-24)22-17-15(9-21-18(19)23-17)27-11-13-16(26-3)14(25-2)7-8-20-13/h7-9,12,24H,4-6,10-11H2,1-3H3,(H3,19,21,22,23)/p+1. The Morgan fingerprint density at radius 1 is 1.22 bits per heavy atom. The minimum absolute atomic E-state index is 0.0221. The van der Waals surface area contributed by atoms with Gasteiger partial charge in [-0.3, -0.25) is 10.3 Å². The molecule has 148 valence electrons. The number of methoxy groups -OCH3 is 2. The Kier molecular flexibility index (Phi) is 8.02. The van der Waals surface area contributed by atoms with E-state index in [1.54, 1.807) is 26.5 Å². The van der Waals surface area contributed by atoms with E-state index < -0.39 is 0 Å². The molecule has 0 aromatic carbocycles. The van der Waals surface area contributed by atoms with Gasteiger partial charge in [0.15, 0.2) is 11.5 Å². The molecular formula is C18H28N5O4+. The first kappa shape index (κ1) is 20.7. The fourth-order valence-electron chi connectivity index (χ4n) is 2.65. The van der Waals surface area contributed by atoms with Crippen LogP contribution in [0.5, 0.6) is 17.2 Å². The maximum atomic E-state index is 9.62. The van der Waals surface area contributed by atoms with E-state index in [0.717, 1.165) is 19.3 Å². The molecule has 9 heteroatoms. The van der Waals surface area contributed by atoms with Crippen molar-refractivity contribution in [1.29, 1.82) is 0 Å². The van der Waals surface area contributed by atoms with Crippen LogP contribution < -0.4 is 25.3 Å². The van der Waals surface area contributed by atoms with Crippen molar-refractivity contribution in [3.05, 3.63) is 24.2 Å². The zero-order valence-electron chi connectivity index (χ0n) is 16.0. The van der Waals surface area contributed by atoms with E-state index in [1.165, 1.54) is 6.20 Å².